The van der Waals surface area contributed by atoms with E-state index < -0.39 is 10.0 Å². The molecular formula is C15H18N2O2S. The van der Waals surface area contributed by atoms with E-state index in [-0.39, 0.29) is 11.4 Å². The van der Waals surface area contributed by atoms with Crippen molar-refractivity contribution in [1.82, 2.24) is 4.72 Å². The fourth-order valence-corrected chi connectivity index (χ4v) is 3.03. The average molecular weight is 290 g/mol. The van der Waals surface area contributed by atoms with Gasteiger partial charge >= 0.3 is 0 Å². The van der Waals surface area contributed by atoms with Gasteiger partial charge in [0.15, 0.2) is 0 Å². The van der Waals surface area contributed by atoms with Gasteiger partial charge in [0.25, 0.3) is 0 Å². The minimum absolute atomic E-state index is 0.254. The first-order valence-corrected chi connectivity index (χ1v) is 7.84. The molecule has 0 aliphatic carbocycles. The normalized spacial score (nSPS) is 11.5. The molecule has 4 nitrogen and oxygen atoms in total. The Morgan fingerprint density at radius 2 is 1.75 bits per heavy atom. The van der Waals surface area contributed by atoms with Crippen molar-refractivity contribution in [2.45, 2.75) is 24.9 Å². The van der Waals surface area contributed by atoms with Gasteiger partial charge in [0, 0.05) is 13.1 Å². The molecule has 0 spiro atoms. The topological polar surface area (TPSA) is 72.2 Å². The van der Waals surface area contributed by atoms with Crippen molar-refractivity contribution < 1.29 is 8.42 Å². The van der Waals surface area contributed by atoms with Crippen molar-refractivity contribution in [3.8, 4) is 0 Å². The zero-order valence-corrected chi connectivity index (χ0v) is 12.2. The zero-order valence-electron chi connectivity index (χ0n) is 11.3. The van der Waals surface area contributed by atoms with Crippen LogP contribution < -0.4 is 10.5 Å². The van der Waals surface area contributed by atoms with E-state index in [0.717, 1.165) is 16.7 Å². The molecule has 0 aliphatic heterocycles. The van der Waals surface area contributed by atoms with Crippen molar-refractivity contribution >= 4 is 10.0 Å². The summed E-state index contributed by atoms with van der Waals surface area (Å²) in [6.07, 6.45) is 0. The number of rotatable bonds is 5. The molecule has 0 unspecified atom stereocenters. The van der Waals surface area contributed by atoms with Crippen LogP contribution in [0, 0.1) is 6.92 Å². The molecule has 2 aromatic carbocycles. The highest BCUT2D eigenvalue weighted by Crippen LogP contribution is 2.12. The van der Waals surface area contributed by atoms with E-state index in [0.29, 0.717) is 6.54 Å². The van der Waals surface area contributed by atoms with Crippen LogP contribution in [0.2, 0.25) is 0 Å². The fraction of sp³-hybridized carbons (Fsp3) is 0.200. The highest BCUT2D eigenvalue weighted by atomic mass is 32.2. The quantitative estimate of drug-likeness (QED) is 0.884. The molecule has 2 rings (SSSR count). The van der Waals surface area contributed by atoms with Crippen LogP contribution in [-0.4, -0.2) is 8.42 Å². The summed E-state index contributed by atoms with van der Waals surface area (Å²) in [6, 6.07) is 14.4. The summed E-state index contributed by atoms with van der Waals surface area (Å²) in [4.78, 5) is 0.285. The standard InChI is InChI=1S/C15H18N2O2S/c1-12-4-2-7-15(8-12)20(18,19)17-11-14-6-3-5-13(9-14)10-16/h2-9,17H,10-11,16H2,1H3. The SMILES string of the molecule is Cc1cccc(S(=O)(=O)NCc2cccc(CN)c2)c1. The Labute approximate surface area is 119 Å². The Bertz CT molecular complexity index is 697. The van der Waals surface area contributed by atoms with Gasteiger partial charge < -0.3 is 5.73 Å². The molecule has 0 saturated carbocycles. The lowest BCUT2D eigenvalue weighted by Crippen LogP contribution is -2.23. The molecule has 0 saturated heterocycles. The maximum Gasteiger partial charge on any atom is 0.240 e. The molecule has 0 fully saturated rings. The van der Waals surface area contributed by atoms with E-state index >= 15 is 0 Å². The monoisotopic (exact) mass is 290 g/mol. The third kappa shape index (κ3) is 3.66. The first-order valence-electron chi connectivity index (χ1n) is 6.35. The Kier molecular flexibility index (Phi) is 4.54. The van der Waals surface area contributed by atoms with Gasteiger partial charge in [-0.3, -0.25) is 0 Å². The number of nitrogens with one attached hydrogen (secondary N) is 1. The third-order valence-electron chi connectivity index (χ3n) is 2.99. The minimum atomic E-state index is -3.48. The van der Waals surface area contributed by atoms with Gasteiger partial charge in [0.05, 0.1) is 4.90 Å². The van der Waals surface area contributed by atoms with Crippen LogP contribution in [0.3, 0.4) is 0 Å². The van der Waals surface area contributed by atoms with E-state index in [2.05, 4.69) is 4.72 Å². The third-order valence-corrected chi connectivity index (χ3v) is 4.39. The number of hydrogen-bond acceptors (Lipinski definition) is 3. The highest BCUT2D eigenvalue weighted by Gasteiger charge is 2.13. The molecule has 20 heavy (non-hydrogen) atoms. The van der Waals surface area contributed by atoms with Gasteiger partial charge in [0.1, 0.15) is 0 Å². The van der Waals surface area contributed by atoms with Gasteiger partial charge in [0.2, 0.25) is 10.0 Å². The van der Waals surface area contributed by atoms with Crippen LogP contribution in [0.1, 0.15) is 16.7 Å². The first-order chi connectivity index (χ1) is 9.51. The van der Waals surface area contributed by atoms with Crippen LogP contribution in [0.5, 0.6) is 0 Å². The predicted octanol–water partition coefficient (Wildman–Crippen LogP) is 1.93. The van der Waals surface area contributed by atoms with E-state index in [1.54, 1.807) is 18.2 Å². The summed E-state index contributed by atoms with van der Waals surface area (Å²) in [7, 11) is -3.48. The van der Waals surface area contributed by atoms with E-state index in [1.807, 2.05) is 37.3 Å². The number of aryl methyl sites for hydroxylation is 1. The average Bonchev–Trinajstić information content (AvgIpc) is 2.45. The number of hydrogen-bond donors (Lipinski definition) is 2. The molecule has 0 bridgehead atoms. The molecule has 0 radical (unpaired) electrons. The largest absolute Gasteiger partial charge is 0.326 e. The molecule has 106 valence electrons. The van der Waals surface area contributed by atoms with E-state index in [1.165, 1.54) is 0 Å². The molecule has 0 aliphatic rings. The molecule has 0 atom stereocenters. The number of sulfonamides is 1. The smallest absolute Gasteiger partial charge is 0.240 e. The van der Waals surface area contributed by atoms with Crippen LogP contribution in [-0.2, 0) is 23.1 Å². The molecular weight excluding hydrogens is 272 g/mol. The zero-order chi connectivity index (χ0) is 14.6. The van der Waals surface area contributed by atoms with Crippen molar-refractivity contribution in [2.24, 2.45) is 5.73 Å². The molecule has 5 heteroatoms. The van der Waals surface area contributed by atoms with Gasteiger partial charge in [-0.15, -0.1) is 0 Å². The van der Waals surface area contributed by atoms with Crippen molar-refractivity contribution in [3.63, 3.8) is 0 Å². The van der Waals surface area contributed by atoms with Crippen LogP contribution in [0.25, 0.3) is 0 Å². The molecule has 0 heterocycles. The maximum atomic E-state index is 12.2. The summed E-state index contributed by atoms with van der Waals surface area (Å²) in [6.45, 7) is 2.56. The summed E-state index contributed by atoms with van der Waals surface area (Å²) in [5.74, 6) is 0. The predicted molar refractivity (Wildman–Crippen MR) is 79.5 cm³/mol. The molecule has 2 aromatic rings. The molecule has 0 aromatic heterocycles. The Hall–Kier alpha value is -1.69. The lowest BCUT2D eigenvalue weighted by Gasteiger charge is -2.08. The van der Waals surface area contributed by atoms with Crippen molar-refractivity contribution in [2.75, 3.05) is 0 Å². The second-order valence-corrected chi connectivity index (χ2v) is 6.43. The van der Waals surface area contributed by atoms with Gasteiger partial charge in [-0.25, -0.2) is 13.1 Å². The summed E-state index contributed by atoms with van der Waals surface area (Å²) in [5, 5.41) is 0. The molecule has 0 amide bonds. The minimum Gasteiger partial charge on any atom is -0.326 e. The Morgan fingerprint density at radius 3 is 2.45 bits per heavy atom. The van der Waals surface area contributed by atoms with Gasteiger partial charge in [-0.2, -0.15) is 0 Å². The van der Waals surface area contributed by atoms with Crippen LogP contribution >= 0.6 is 0 Å². The second-order valence-electron chi connectivity index (χ2n) is 4.67. The maximum absolute atomic E-state index is 12.2. The van der Waals surface area contributed by atoms with Crippen LogP contribution in [0.15, 0.2) is 53.4 Å². The fourth-order valence-electron chi connectivity index (χ4n) is 1.91. The van der Waals surface area contributed by atoms with Gasteiger partial charge in [-0.1, -0.05) is 36.4 Å². The van der Waals surface area contributed by atoms with Gasteiger partial charge in [-0.05, 0) is 35.7 Å². The summed E-state index contributed by atoms with van der Waals surface area (Å²) in [5.41, 5.74) is 8.36. The van der Waals surface area contributed by atoms with Crippen molar-refractivity contribution in [3.05, 3.63) is 65.2 Å². The molecule has 3 N–H and O–H groups in total. The lowest BCUT2D eigenvalue weighted by atomic mass is 10.1. The summed E-state index contributed by atoms with van der Waals surface area (Å²) < 4.78 is 27.0. The number of nitrogens with two attached hydrogens (primary N) is 1. The second kappa shape index (κ2) is 6.17. The number of benzene rings is 2. The summed E-state index contributed by atoms with van der Waals surface area (Å²) >= 11 is 0. The van der Waals surface area contributed by atoms with E-state index in [4.69, 9.17) is 5.73 Å². The van der Waals surface area contributed by atoms with Crippen LogP contribution in [0.4, 0.5) is 0 Å². The Balaban J connectivity index is 2.13. The Morgan fingerprint density at radius 1 is 1.05 bits per heavy atom. The highest BCUT2D eigenvalue weighted by molar-refractivity contribution is 7.89. The first kappa shape index (κ1) is 14.7. The lowest BCUT2D eigenvalue weighted by molar-refractivity contribution is 0.581. The van der Waals surface area contributed by atoms with E-state index in [9.17, 15) is 8.42 Å². The van der Waals surface area contributed by atoms with Crippen molar-refractivity contribution in [1.29, 1.82) is 0 Å².